The van der Waals surface area contributed by atoms with Gasteiger partial charge >= 0.3 is 0 Å². The Kier molecular flexibility index (Phi) is 2.96. The van der Waals surface area contributed by atoms with Crippen molar-refractivity contribution in [2.24, 2.45) is 5.92 Å². The van der Waals surface area contributed by atoms with Crippen molar-refractivity contribution in [2.75, 3.05) is 5.32 Å². The molecule has 0 atom stereocenters. The molecule has 0 saturated heterocycles. The quantitative estimate of drug-likeness (QED) is 0.640. The molecule has 5 nitrogen and oxygen atoms in total. The van der Waals surface area contributed by atoms with Gasteiger partial charge in [0.05, 0.1) is 16.6 Å². The van der Waals surface area contributed by atoms with Gasteiger partial charge < -0.3 is 5.32 Å². The summed E-state index contributed by atoms with van der Waals surface area (Å²) >= 11 is 0. The van der Waals surface area contributed by atoms with E-state index in [-0.39, 0.29) is 5.69 Å². The van der Waals surface area contributed by atoms with E-state index < -0.39 is 4.92 Å². The summed E-state index contributed by atoms with van der Waals surface area (Å²) < 4.78 is 0. The van der Waals surface area contributed by atoms with Crippen LogP contribution in [0, 0.1) is 27.4 Å². The molecular weight excluding hydrogens is 218 g/mol. The van der Waals surface area contributed by atoms with E-state index in [1.165, 1.54) is 6.07 Å². The molecule has 0 aliphatic heterocycles. The second kappa shape index (κ2) is 4.42. The van der Waals surface area contributed by atoms with Crippen LogP contribution in [0.15, 0.2) is 18.2 Å². The Morgan fingerprint density at radius 1 is 1.53 bits per heavy atom. The topological polar surface area (TPSA) is 79.0 Å². The molecule has 0 spiro atoms. The molecule has 5 heteroatoms. The van der Waals surface area contributed by atoms with Gasteiger partial charge in [-0.3, -0.25) is 10.1 Å². The normalized spacial score (nSPS) is 22.4. The average Bonchev–Trinajstić information content (AvgIpc) is 2.27. The smallest absolute Gasteiger partial charge is 0.293 e. The lowest BCUT2D eigenvalue weighted by atomic mass is 9.82. The van der Waals surface area contributed by atoms with E-state index in [1.807, 2.05) is 6.07 Å². The number of nitro groups is 1. The monoisotopic (exact) mass is 231 g/mol. The van der Waals surface area contributed by atoms with Gasteiger partial charge in [-0.1, -0.05) is 6.92 Å². The molecule has 17 heavy (non-hydrogen) atoms. The van der Waals surface area contributed by atoms with E-state index in [1.54, 1.807) is 12.1 Å². The molecule has 0 radical (unpaired) electrons. The first-order valence-corrected chi connectivity index (χ1v) is 5.55. The van der Waals surface area contributed by atoms with Crippen molar-refractivity contribution in [1.82, 2.24) is 0 Å². The molecule has 0 heterocycles. The Morgan fingerprint density at radius 3 is 2.76 bits per heavy atom. The van der Waals surface area contributed by atoms with E-state index in [9.17, 15) is 10.1 Å². The van der Waals surface area contributed by atoms with Gasteiger partial charge in [-0.05, 0) is 30.9 Å². The summed E-state index contributed by atoms with van der Waals surface area (Å²) in [6.07, 6.45) is 2.08. The van der Waals surface area contributed by atoms with Crippen LogP contribution in [0.2, 0.25) is 0 Å². The Morgan fingerprint density at radius 2 is 2.24 bits per heavy atom. The molecule has 1 fully saturated rings. The predicted octanol–water partition coefficient (Wildman–Crippen LogP) is 2.68. The van der Waals surface area contributed by atoms with Crippen LogP contribution in [0.5, 0.6) is 0 Å². The lowest BCUT2D eigenvalue weighted by Crippen LogP contribution is -2.33. The number of benzene rings is 1. The van der Waals surface area contributed by atoms with Crippen LogP contribution in [0.3, 0.4) is 0 Å². The minimum atomic E-state index is -0.453. The fraction of sp³-hybridized carbons (Fsp3) is 0.417. The molecule has 1 aliphatic carbocycles. The Labute approximate surface area is 99.2 Å². The summed E-state index contributed by atoms with van der Waals surface area (Å²) in [6, 6.07) is 6.74. The van der Waals surface area contributed by atoms with Crippen molar-refractivity contribution in [3.05, 3.63) is 33.9 Å². The maximum absolute atomic E-state index is 10.9. The minimum Gasteiger partial charge on any atom is -0.377 e. The molecule has 0 unspecified atom stereocenters. The fourth-order valence-electron chi connectivity index (χ4n) is 2.11. The zero-order valence-electron chi connectivity index (χ0n) is 9.51. The highest BCUT2D eigenvalue weighted by molar-refractivity contribution is 5.64. The van der Waals surface area contributed by atoms with Crippen LogP contribution in [-0.4, -0.2) is 11.0 Å². The predicted molar refractivity (Wildman–Crippen MR) is 63.6 cm³/mol. The highest BCUT2D eigenvalue weighted by Gasteiger charge is 2.27. The highest BCUT2D eigenvalue weighted by Crippen LogP contribution is 2.33. The molecule has 1 aromatic rings. The first-order chi connectivity index (χ1) is 8.10. The summed E-state index contributed by atoms with van der Waals surface area (Å²) in [4.78, 5) is 10.4. The molecule has 1 N–H and O–H groups in total. The van der Waals surface area contributed by atoms with Crippen LogP contribution in [0.25, 0.3) is 0 Å². The second-order valence-corrected chi connectivity index (χ2v) is 4.52. The number of nitrogens with one attached hydrogen (secondary N) is 1. The van der Waals surface area contributed by atoms with Crippen LogP contribution in [0.1, 0.15) is 25.3 Å². The zero-order chi connectivity index (χ0) is 12.4. The average molecular weight is 231 g/mol. The Bertz CT molecular complexity index is 487. The van der Waals surface area contributed by atoms with E-state index in [0.717, 1.165) is 12.8 Å². The fourth-order valence-corrected chi connectivity index (χ4v) is 2.11. The summed E-state index contributed by atoms with van der Waals surface area (Å²) in [6.45, 7) is 2.16. The third kappa shape index (κ3) is 2.36. The molecule has 1 aromatic carbocycles. The van der Waals surface area contributed by atoms with E-state index in [4.69, 9.17) is 5.26 Å². The SMILES string of the molecule is CC1CC(Nc2ccc(C#N)cc2[N+](=O)[O-])C1. The standard InChI is InChI=1S/C12H13N3O2/c1-8-4-10(5-8)14-11-3-2-9(7-13)6-12(11)15(16)17/h2-3,6,8,10,14H,4-5H2,1H3. The van der Waals surface area contributed by atoms with Crippen molar-refractivity contribution in [1.29, 1.82) is 5.26 Å². The second-order valence-electron chi connectivity index (χ2n) is 4.52. The molecule has 88 valence electrons. The van der Waals surface area contributed by atoms with Gasteiger partial charge in [0, 0.05) is 12.1 Å². The van der Waals surface area contributed by atoms with Gasteiger partial charge in [0.1, 0.15) is 5.69 Å². The molecule has 0 bridgehead atoms. The molecule has 1 aliphatic rings. The van der Waals surface area contributed by atoms with Crippen LogP contribution < -0.4 is 5.32 Å². The Balaban J connectivity index is 2.21. The molecule has 2 rings (SSSR count). The van der Waals surface area contributed by atoms with Gasteiger partial charge in [0.25, 0.3) is 5.69 Å². The highest BCUT2D eigenvalue weighted by atomic mass is 16.6. The van der Waals surface area contributed by atoms with Crippen molar-refractivity contribution >= 4 is 11.4 Å². The van der Waals surface area contributed by atoms with Crippen molar-refractivity contribution in [2.45, 2.75) is 25.8 Å². The molecule has 0 amide bonds. The first kappa shape index (κ1) is 11.4. The van der Waals surface area contributed by atoms with Crippen molar-refractivity contribution < 1.29 is 4.92 Å². The Hall–Kier alpha value is -2.09. The van der Waals surface area contributed by atoms with Gasteiger partial charge in [0.2, 0.25) is 0 Å². The molecule has 1 saturated carbocycles. The number of nitro benzene ring substituents is 1. The molecular formula is C12H13N3O2. The maximum Gasteiger partial charge on any atom is 0.293 e. The van der Waals surface area contributed by atoms with E-state index in [0.29, 0.717) is 23.2 Å². The van der Waals surface area contributed by atoms with Crippen LogP contribution in [0.4, 0.5) is 11.4 Å². The van der Waals surface area contributed by atoms with E-state index in [2.05, 4.69) is 12.2 Å². The lowest BCUT2D eigenvalue weighted by Gasteiger charge is -2.33. The lowest BCUT2D eigenvalue weighted by molar-refractivity contribution is -0.384. The van der Waals surface area contributed by atoms with Crippen molar-refractivity contribution in [3.8, 4) is 6.07 Å². The number of rotatable bonds is 3. The van der Waals surface area contributed by atoms with E-state index >= 15 is 0 Å². The summed E-state index contributed by atoms with van der Waals surface area (Å²) in [5.74, 6) is 0.685. The van der Waals surface area contributed by atoms with Gasteiger partial charge in [0.15, 0.2) is 0 Å². The van der Waals surface area contributed by atoms with Gasteiger partial charge in [-0.15, -0.1) is 0 Å². The summed E-state index contributed by atoms with van der Waals surface area (Å²) in [7, 11) is 0. The van der Waals surface area contributed by atoms with Gasteiger partial charge in [-0.2, -0.15) is 5.26 Å². The third-order valence-corrected chi connectivity index (χ3v) is 3.06. The van der Waals surface area contributed by atoms with Crippen molar-refractivity contribution in [3.63, 3.8) is 0 Å². The van der Waals surface area contributed by atoms with Crippen LogP contribution >= 0.6 is 0 Å². The largest absolute Gasteiger partial charge is 0.377 e. The van der Waals surface area contributed by atoms with Gasteiger partial charge in [-0.25, -0.2) is 0 Å². The maximum atomic E-state index is 10.9. The number of hydrogen-bond donors (Lipinski definition) is 1. The number of nitrogens with zero attached hydrogens (tertiary/aromatic N) is 2. The van der Waals surface area contributed by atoms with Crippen LogP contribution in [-0.2, 0) is 0 Å². The number of hydrogen-bond acceptors (Lipinski definition) is 4. The number of nitriles is 1. The number of anilines is 1. The minimum absolute atomic E-state index is 0.0244. The summed E-state index contributed by atoms with van der Waals surface area (Å²) in [5.41, 5.74) is 0.790. The molecule has 0 aromatic heterocycles. The zero-order valence-corrected chi connectivity index (χ0v) is 9.51. The third-order valence-electron chi connectivity index (χ3n) is 3.06. The first-order valence-electron chi connectivity index (χ1n) is 5.55. The summed E-state index contributed by atoms with van der Waals surface area (Å²) in [5, 5.41) is 22.8.